The van der Waals surface area contributed by atoms with E-state index in [2.05, 4.69) is 10.5 Å². The van der Waals surface area contributed by atoms with E-state index in [1.807, 2.05) is 0 Å². The summed E-state index contributed by atoms with van der Waals surface area (Å²) in [4.78, 5) is 10.4. The maximum absolute atomic E-state index is 13.4. The number of amides is 2. The van der Waals surface area contributed by atoms with Gasteiger partial charge in [0, 0.05) is 0 Å². The number of carbonyl (C=O) groups excluding carboxylic acids is 1. The number of hydrogen-bond donors (Lipinski definition) is 2. The average Bonchev–Trinajstić information content (AvgIpc) is 2.43. The van der Waals surface area contributed by atoms with Crippen LogP contribution in [0.3, 0.4) is 0 Å². The molecule has 0 unspecified atom stereocenters. The van der Waals surface area contributed by atoms with E-state index in [1.54, 1.807) is 42.5 Å². The van der Waals surface area contributed by atoms with Gasteiger partial charge in [0.15, 0.2) is 11.6 Å². The van der Waals surface area contributed by atoms with E-state index in [1.165, 1.54) is 12.3 Å². The molecular formula is C14H12FN3O2. The van der Waals surface area contributed by atoms with Crippen molar-refractivity contribution in [2.75, 3.05) is 0 Å². The second-order valence-electron chi connectivity index (χ2n) is 3.84. The highest BCUT2D eigenvalue weighted by molar-refractivity contribution is 5.81. The van der Waals surface area contributed by atoms with Gasteiger partial charge >= 0.3 is 6.03 Å². The van der Waals surface area contributed by atoms with E-state index >= 15 is 0 Å². The Labute approximate surface area is 114 Å². The summed E-state index contributed by atoms with van der Waals surface area (Å²) in [7, 11) is 0. The Morgan fingerprint density at radius 1 is 1.20 bits per heavy atom. The summed E-state index contributed by atoms with van der Waals surface area (Å²) in [6, 6.07) is 12.2. The Kier molecular flexibility index (Phi) is 4.28. The summed E-state index contributed by atoms with van der Waals surface area (Å²) in [5, 5.41) is 3.62. The van der Waals surface area contributed by atoms with Crippen molar-refractivity contribution in [3.8, 4) is 11.5 Å². The fourth-order valence-corrected chi connectivity index (χ4v) is 1.45. The first-order valence-electron chi connectivity index (χ1n) is 5.76. The summed E-state index contributed by atoms with van der Waals surface area (Å²) >= 11 is 0. The third kappa shape index (κ3) is 3.81. The Hall–Kier alpha value is -2.89. The van der Waals surface area contributed by atoms with Crippen molar-refractivity contribution >= 4 is 12.2 Å². The first kappa shape index (κ1) is 13.5. The van der Waals surface area contributed by atoms with Crippen LogP contribution in [-0.2, 0) is 0 Å². The van der Waals surface area contributed by atoms with Crippen LogP contribution in [0.4, 0.5) is 9.18 Å². The Morgan fingerprint density at radius 3 is 2.55 bits per heavy atom. The van der Waals surface area contributed by atoms with Crippen LogP contribution in [-0.4, -0.2) is 12.2 Å². The minimum absolute atomic E-state index is 0.157. The molecule has 0 spiro atoms. The summed E-state index contributed by atoms with van der Waals surface area (Å²) in [5.74, 6) is 0.225. The molecule has 5 nitrogen and oxygen atoms in total. The number of nitrogens with one attached hydrogen (secondary N) is 1. The van der Waals surface area contributed by atoms with Gasteiger partial charge in [0.05, 0.1) is 6.21 Å². The number of ether oxygens (including phenoxy) is 1. The standard InChI is InChI=1S/C14H12FN3O2/c15-12-3-1-2-4-13(12)20-11-7-5-10(6-8-11)9-17-18-14(16)19/h1-9H,(H3,16,18,19)/b17-9+. The van der Waals surface area contributed by atoms with Crippen molar-refractivity contribution in [1.82, 2.24) is 5.43 Å². The van der Waals surface area contributed by atoms with Crippen LogP contribution in [0.15, 0.2) is 53.6 Å². The van der Waals surface area contributed by atoms with Gasteiger partial charge in [0.2, 0.25) is 0 Å². The molecule has 3 N–H and O–H groups in total. The summed E-state index contributed by atoms with van der Waals surface area (Å²) < 4.78 is 18.8. The van der Waals surface area contributed by atoms with Crippen LogP contribution in [0.25, 0.3) is 0 Å². The molecule has 2 amide bonds. The van der Waals surface area contributed by atoms with Gasteiger partial charge in [-0.3, -0.25) is 0 Å². The van der Waals surface area contributed by atoms with E-state index in [0.717, 1.165) is 5.56 Å². The lowest BCUT2D eigenvalue weighted by Gasteiger charge is -2.06. The number of nitrogens with two attached hydrogens (primary N) is 1. The van der Waals surface area contributed by atoms with E-state index in [4.69, 9.17) is 10.5 Å². The van der Waals surface area contributed by atoms with Crippen molar-refractivity contribution in [1.29, 1.82) is 0 Å². The molecule has 6 heteroatoms. The van der Waals surface area contributed by atoms with Crippen molar-refractivity contribution in [3.63, 3.8) is 0 Å². The van der Waals surface area contributed by atoms with E-state index in [9.17, 15) is 9.18 Å². The fraction of sp³-hybridized carbons (Fsp3) is 0. The minimum Gasteiger partial charge on any atom is -0.454 e. The molecule has 0 aliphatic rings. The number of hydrazone groups is 1. The normalized spacial score (nSPS) is 10.4. The molecule has 0 heterocycles. The third-order valence-corrected chi connectivity index (χ3v) is 2.33. The van der Waals surface area contributed by atoms with Crippen LogP contribution >= 0.6 is 0 Å². The molecule has 0 radical (unpaired) electrons. The van der Waals surface area contributed by atoms with Crippen molar-refractivity contribution in [3.05, 3.63) is 59.9 Å². The number of halogens is 1. The molecule has 2 rings (SSSR count). The highest BCUT2D eigenvalue weighted by Crippen LogP contribution is 2.23. The molecule has 0 aliphatic carbocycles. The highest BCUT2D eigenvalue weighted by Gasteiger charge is 2.02. The zero-order valence-electron chi connectivity index (χ0n) is 10.4. The number of benzene rings is 2. The van der Waals surface area contributed by atoms with Gasteiger partial charge in [0.25, 0.3) is 0 Å². The Morgan fingerprint density at radius 2 is 1.90 bits per heavy atom. The first-order chi connectivity index (χ1) is 9.65. The lowest BCUT2D eigenvalue weighted by atomic mass is 10.2. The topological polar surface area (TPSA) is 76.7 Å². The van der Waals surface area contributed by atoms with E-state index < -0.39 is 11.8 Å². The maximum Gasteiger partial charge on any atom is 0.332 e. The van der Waals surface area contributed by atoms with Gasteiger partial charge in [-0.1, -0.05) is 12.1 Å². The monoisotopic (exact) mass is 273 g/mol. The second kappa shape index (κ2) is 6.33. The molecule has 0 saturated heterocycles. The Balaban J connectivity index is 2.03. The molecule has 0 aromatic heterocycles. The van der Waals surface area contributed by atoms with E-state index in [-0.39, 0.29) is 5.75 Å². The predicted molar refractivity (Wildman–Crippen MR) is 73.2 cm³/mol. The molecule has 20 heavy (non-hydrogen) atoms. The van der Waals surface area contributed by atoms with E-state index in [0.29, 0.717) is 5.75 Å². The average molecular weight is 273 g/mol. The van der Waals surface area contributed by atoms with Crippen molar-refractivity contribution < 1.29 is 13.9 Å². The number of nitrogens with zero attached hydrogens (tertiary/aromatic N) is 1. The Bertz CT molecular complexity index is 627. The van der Waals surface area contributed by atoms with Gasteiger partial charge in [-0.15, -0.1) is 0 Å². The largest absolute Gasteiger partial charge is 0.454 e. The summed E-state index contributed by atoms with van der Waals surface area (Å²) in [6.45, 7) is 0. The molecule has 102 valence electrons. The number of primary amides is 1. The smallest absolute Gasteiger partial charge is 0.332 e. The minimum atomic E-state index is -0.735. The number of carbonyl (C=O) groups is 1. The number of urea groups is 1. The zero-order valence-corrected chi connectivity index (χ0v) is 10.4. The van der Waals surface area contributed by atoms with Gasteiger partial charge < -0.3 is 10.5 Å². The molecule has 0 aliphatic heterocycles. The second-order valence-corrected chi connectivity index (χ2v) is 3.84. The van der Waals surface area contributed by atoms with Crippen LogP contribution in [0.2, 0.25) is 0 Å². The van der Waals surface area contributed by atoms with Gasteiger partial charge in [-0.25, -0.2) is 14.6 Å². The number of rotatable bonds is 4. The van der Waals surface area contributed by atoms with Crippen molar-refractivity contribution in [2.45, 2.75) is 0 Å². The SMILES string of the molecule is NC(=O)N/N=C/c1ccc(Oc2ccccc2F)cc1. The van der Waals surface area contributed by atoms with Gasteiger partial charge in [-0.05, 0) is 42.0 Å². The van der Waals surface area contributed by atoms with Crippen LogP contribution in [0.1, 0.15) is 5.56 Å². The summed E-state index contributed by atoms with van der Waals surface area (Å²) in [6.07, 6.45) is 1.43. The molecular weight excluding hydrogens is 261 g/mol. The quantitative estimate of drug-likeness (QED) is 0.663. The van der Waals surface area contributed by atoms with Crippen LogP contribution in [0.5, 0.6) is 11.5 Å². The predicted octanol–water partition coefficient (Wildman–Crippen LogP) is 2.62. The number of para-hydroxylation sites is 1. The van der Waals surface area contributed by atoms with Gasteiger partial charge in [0.1, 0.15) is 5.75 Å². The van der Waals surface area contributed by atoms with Crippen LogP contribution in [0, 0.1) is 5.82 Å². The molecule has 0 fully saturated rings. The molecule has 2 aromatic rings. The highest BCUT2D eigenvalue weighted by atomic mass is 19.1. The maximum atomic E-state index is 13.4. The molecule has 0 atom stereocenters. The summed E-state index contributed by atoms with van der Waals surface area (Å²) in [5.41, 5.74) is 7.68. The molecule has 2 aromatic carbocycles. The molecule has 0 saturated carbocycles. The zero-order chi connectivity index (χ0) is 14.4. The fourth-order valence-electron chi connectivity index (χ4n) is 1.45. The van der Waals surface area contributed by atoms with Crippen molar-refractivity contribution in [2.24, 2.45) is 10.8 Å². The first-order valence-corrected chi connectivity index (χ1v) is 5.76. The third-order valence-electron chi connectivity index (χ3n) is 2.33. The molecule has 0 bridgehead atoms. The number of hydrogen-bond acceptors (Lipinski definition) is 3. The van der Waals surface area contributed by atoms with Crippen LogP contribution < -0.4 is 15.9 Å². The van der Waals surface area contributed by atoms with Gasteiger partial charge in [-0.2, -0.15) is 5.10 Å². The lowest BCUT2D eigenvalue weighted by Crippen LogP contribution is -2.24. The lowest BCUT2D eigenvalue weighted by molar-refractivity contribution is 0.249.